The van der Waals surface area contributed by atoms with Crippen LogP contribution < -0.4 is 0 Å². The Morgan fingerprint density at radius 3 is 2.67 bits per heavy atom. The van der Waals surface area contributed by atoms with Crippen LogP contribution in [-0.4, -0.2) is 14.9 Å². The standard InChI is InChI=1S/C16H14Cl2N2O/c1-20-14-5-3-2-4-11(14)16(19-20)15(21)9-10-6-7-12(17)13(18)8-10/h2-8,15,21H,9H2,1H3. The maximum atomic E-state index is 10.5. The van der Waals surface area contributed by atoms with Crippen LogP contribution in [0.25, 0.3) is 10.9 Å². The van der Waals surface area contributed by atoms with Crippen LogP contribution in [0.3, 0.4) is 0 Å². The highest BCUT2D eigenvalue weighted by molar-refractivity contribution is 6.42. The molecule has 0 saturated heterocycles. The van der Waals surface area contributed by atoms with E-state index in [1.165, 1.54) is 0 Å². The summed E-state index contributed by atoms with van der Waals surface area (Å²) in [5.41, 5.74) is 2.60. The second-order valence-electron chi connectivity index (χ2n) is 4.99. The molecule has 0 saturated carbocycles. The Morgan fingerprint density at radius 2 is 1.90 bits per heavy atom. The number of fused-ring (bicyclic) bond motifs is 1. The molecule has 21 heavy (non-hydrogen) atoms. The molecule has 108 valence electrons. The van der Waals surface area contributed by atoms with E-state index in [0.717, 1.165) is 16.5 Å². The summed E-state index contributed by atoms with van der Waals surface area (Å²) < 4.78 is 1.78. The maximum absolute atomic E-state index is 10.5. The molecule has 0 bridgehead atoms. The van der Waals surface area contributed by atoms with Crippen molar-refractivity contribution in [1.82, 2.24) is 9.78 Å². The first-order valence-electron chi connectivity index (χ1n) is 6.60. The summed E-state index contributed by atoms with van der Waals surface area (Å²) in [6.45, 7) is 0. The number of hydrogen-bond acceptors (Lipinski definition) is 2. The number of nitrogens with zero attached hydrogens (tertiary/aromatic N) is 2. The zero-order chi connectivity index (χ0) is 15.0. The Kier molecular flexibility index (Phi) is 3.89. The SMILES string of the molecule is Cn1nc(C(O)Cc2ccc(Cl)c(Cl)c2)c2ccccc21. The summed E-state index contributed by atoms with van der Waals surface area (Å²) in [6.07, 6.45) is -0.244. The molecular formula is C16H14Cl2N2O. The van der Waals surface area contributed by atoms with E-state index in [9.17, 15) is 5.11 Å². The van der Waals surface area contributed by atoms with Gasteiger partial charge in [0.25, 0.3) is 0 Å². The number of aliphatic hydroxyl groups excluding tert-OH is 1. The normalized spacial score (nSPS) is 12.8. The van der Waals surface area contributed by atoms with Crippen molar-refractivity contribution < 1.29 is 5.11 Å². The Balaban J connectivity index is 1.93. The third kappa shape index (κ3) is 2.77. The van der Waals surface area contributed by atoms with Gasteiger partial charge in [-0.25, -0.2) is 0 Å². The average molecular weight is 321 g/mol. The molecule has 3 aromatic rings. The number of aryl methyl sites for hydroxylation is 1. The number of aliphatic hydroxyl groups is 1. The van der Waals surface area contributed by atoms with Crippen molar-refractivity contribution in [2.45, 2.75) is 12.5 Å². The minimum atomic E-state index is -0.687. The molecule has 1 N–H and O–H groups in total. The van der Waals surface area contributed by atoms with Crippen molar-refractivity contribution in [3.8, 4) is 0 Å². The van der Waals surface area contributed by atoms with Crippen LogP contribution in [0.1, 0.15) is 17.4 Å². The van der Waals surface area contributed by atoms with Gasteiger partial charge in [0.05, 0.1) is 21.3 Å². The average Bonchev–Trinajstić information content (AvgIpc) is 2.81. The van der Waals surface area contributed by atoms with Crippen molar-refractivity contribution in [3.05, 3.63) is 63.8 Å². The molecule has 1 heterocycles. The highest BCUT2D eigenvalue weighted by atomic mass is 35.5. The third-order valence-electron chi connectivity index (χ3n) is 3.52. The molecule has 0 radical (unpaired) electrons. The number of halogens is 2. The summed E-state index contributed by atoms with van der Waals surface area (Å²) in [7, 11) is 1.87. The van der Waals surface area contributed by atoms with E-state index in [0.29, 0.717) is 22.2 Å². The lowest BCUT2D eigenvalue weighted by atomic mass is 10.0. The summed E-state index contributed by atoms with van der Waals surface area (Å²) in [6, 6.07) is 13.2. The fraction of sp³-hybridized carbons (Fsp3) is 0.188. The van der Waals surface area contributed by atoms with E-state index in [4.69, 9.17) is 23.2 Å². The zero-order valence-electron chi connectivity index (χ0n) is 11.4. The lowest BCUT2D eigenvalue weighted by Gasteiger charge is -2.09. The van der Waals surface area contributed by atoms with E-state index in [1.54, 1.807) is 16.8 Å². The molecule has 0 spiro atoms. The fourth-order valence-electron chi connectivity index (χ4n) is 2.47. The Morgan fingerprint density at radius 1 is 1.14 bits per heavy atom. The minimum absolute atomic E-state index is 0.442. The molecule has 0 aliphatic carbocycles. The number of para-hydroxylation sites is 1. The molecule has 0 aliphatic heterocycles. The highest BCUT2D eigenvalue weighted by Crippen LogP contribution is 2.28. The Bertz CT molecular complexity index is 798. The van der Waals surface area contributed by atoms with Crippen molar-refractivity contribution in [2.24, 2.45) is 7.05 Å². The van der Waals surface area contributed by atoms with Gasteiger partial charge in [0.1, 0.15) is 6.10 Å². The van der Waals surface area contributed by atoms with E-state index in [-0.39, 0.29) is 0 Å². The molecule has 3 nitrogen and oxygen atoms in total. The van der Waals surface area contributed by atoms with Gasteiger partial charge in [-0.05, 0) is 23.8 Å². The quantitative estimate of drug-likeness (QED) is 0.787. The van der Waals surface area contributed by atoms with Crippen LogP contribution >= 0.6 is 23.2 Å². The maximum Gasteiger partial charge on any atom is 0.102 e. The predicted octanol–water partition coefficient (Wildman–Crippen LogP) is 4.16. The van der Waals surface area contributed by atoms with E-state index < -0.39 is 6.10 Å². The summed E-state index contributed by atoms with van der Waals surface area (Å²) >= 11 is 11.9. The van der Waals surface area contributed by atoms with Gasteiger partial charge in [0, 0.05) is 18.9 Å². The highest BCUT2D eigenvalue weighted by Gasteiger charge is 2.17. The van der Waals surface area contributed by atoms with Crippen LogP contribution in [0.15, 0.2) is 42.5 Å². The number of rotatable bonds is 3. The molecule has 1 aromatic heterocycles. The summed E-state index contributed by atoms with van der Waals surface area (Å²) in [5.74, 6) is 0. The van der Waals surface area contributed by atoms with Crippen molar-refractivity contribution >= 4 is 34.1 Å². The van der Waals surface area contributed by atoms with Gasteiger partial charge >= 0.3 is 0 Å². The van der Waals surface area contributed by atoms with Crippen molar-refractivity contribution in [3.63, 3.8) is 0 Å². The van der Waals surface area contributed by atoms with Crippen LogP contribution in [0.5, 0.6) is 0 Å². The summed E-state index contributed by atoms with van der Waals surface area (Å²) in [4.78, 5) is 0. The molecule has 1 unspecified atom stereocenters. The molecule has 1 atom stereocenters. The first-order chi connectivity index (χ1) is 10.1. The topological polar surface area (TPSA) is 38.0 Å². The van der Waals surface area contributed by atoms with Gasteiger partial charge in [-0.2, -0.15) is 5.10 Å². The fourth-order valence-corrected chi connectivity index (χ4v) is 2.80. The molecule has 0 amide bonds. The second kappa shape index (κ2) is 5.68. The monoisotopic (exact) mass is 320 g/mol. The van der Waals surface area contributed by atoms with Gasteiger partial charge < -0.3 is 5.11 Å². The summed E-state index contributed by atoms with van der Waals surface area (Å²) in [5, 5.41) is 16.9. The van der Waals surface area contributed by atoms with E-state index in [2.05, 4.69) is 5.10 Å². The van der Waals surface area contributed by atoms with Crippen LogP contribution in [0, 0.1) is 0 Å². The zero-order valence-corrected chi connectivity index (χ0v) is 12.9. The molecule has 3 rings (SSSR count). The molecule has 0 fully saturated rings. The number of aromatic nitrogens is 2. The number of benzene rings is 2. The van der Waals surface area contributed by atoms with Crippen molar-refractivity contribution in [1.29, 1.82) is 0 Å². The Labute approximate surface area is 132 Å². The first kappa shape index (κ1) is 14.4. The molecule has 2 aromatic carbocycles. The first-order valence-corrected chi connectivity index (χ1v) is 7.35. The van der Waals surface area contributed by atoms with E-state index >= 15 is 0 Å². The van der Waals surface area contributed by atoms with Gasteiger partial charge in [-0.15, -0.1) is 0 Å². The number of hydrogen-bond donors (Lipinski definition) is 1. The van der Waals surface area contributed by atoms with Gasteiger partial charge in [0.2, 0.25) is 0 Å². The van der Waals surface area contributed by atoms with Gasteiger partial charge in [0.15, 0.2) is 0 Å². The van der Waals surface area contributed by atoms with Crippen LogP contribution in [-0.2, 0) is 13.5 Å². The van der Waals surface area contributed by atoms with Crippen LogP contribution in [0.2, 0.25) is 10.0 Å². The lowest BCUT2D eigenvalue weighted by Crippen LogP contribution is -2.04. The molecular weight excluding hydrogens is 307 g/mol. The van der Waals surface area contributed by atoms with Gasteiger partial charge in [-0.1, -0.05) is 47.5 Å². The second-order valence-corrected chi connectivity index (χ2v) is 5.81. The van der Waals surface area contributed by atoms with Crippen molar-refractivity contribution in [2.75, 3.05) is 0 Å². The predicted molar refractivity (Wildman–Crippen MR) is 85.8 cm³/mol. The lowest BCUT2D eigenvalue weighted by molar-refractivity contribution is 0.174. The smallest absolute Gasteiger partial charge is 0.102 e. The third-order valence-corrected chi connectivity index (χ3v) is 4.25. The largest absolute Gasteiger partial charge is 0.386 e. The Hall–Kier alpha value is -1.55. The van der Waals surface area contributed by atoms with Gasteiger partial charge in [-0.3, -0.25) is 4.68 Å². The minimum Gasteiger partial charge on any atom is -0.386 e. The molecule has 5 heteroatoms. The molecule has 0 aliphatic rings. The van der Waals surface area contributed by atoms with E-state index in [1.807, 2.05) is 37.4 Å². The van der Waals surface area contributed by atoms with Crippen LogP contribution in [0.4, 0.5) is 0 Å².